The summed E-state index contributed by atoms with van der Waals surface area (Å²) in [6.07, 6.45) is -1.61. The lowest BCUT2D eigenvalue weighted by Crippen LogP contribution is -2.58. The maximum atomic E-state index is 12.9. The molecule has 4 rings (SSSR count). The van der Waals surface area contributed by atoms with Crippen LogP contribution < -0.4 is 19.9 Å². The number of methoxy groups -OCH3 is 2. The van der Waals surface area contributed by atoms with Crippen LogP contribution in [-0.4, -0.2) is 66.5 Å². The number of nitriles is 1. The third-order valence-corrected chi connectivity index (χ3v) is 6.00. The van der Waals surface area contributed by atoms with Crippen molar-refractivity contribution in [3.63, 3.8) is 0 Å². The van der Waals surface area contributed by atoms with Crippen LogP contribution in [0.15, 0.2) is 36.5 Å². The Labute approximate surface area is 200 Å². The molecular weight excluding hydrogens is 463 g/mol. The summed E-state index contributed by atoms with van der Waals surface area (Å²) >= 11 is 0. The Hall–Kier alpha value is -3.49. The Balaban J connectivity index is 1.66. The van der Waals surface area contributed by atoms with Crippen LogP contribution in [0.3, 0.4) is 0 Å². The van der Waals surface area contributed by atoms with Gasteiger partial charge in [0.05, 0.1) is 38.2 Å². The van der Waals surface area contributed by atoms with Gasteiger partial charge < -0.3 is 19.9 Å². The number of ether oxygens (including phenoxy) is 3. The topological polar surface area (TPSA) is 98.0 Å². The molecule has 0 unspecified atom stereocenters. The molecule has 1 aromatic carbocycles. The number of imidazole rings is 1. The molecule has 1 aliphatic heterocycles. The smallest absolute Gasteiger partial charge is 0.401 e. The van der Waals surface area contributed by atoms with Crippen LogP contribution >= 0.6 is 0 Å². The normalized spacial score (nSPS) is 18.9. The summed E-state index contributed by atoms with van der Waals surface area (Å²) in [6, 6.07) is 10.9. The number of aromatic nitrogens is 2. The van der Waals surface area contributed by atoms with Gasteiger partial charge in [-0.2, -0.15) is 18.4 Å². The van der Waals surface area contributed by atoms with E-state index in [0.29, 0.717) is 47.9 Å². The van der Waals surface area contributed by atoms with Crippen molar-refractivity contribution in [1.82, 2.24) is 14.3 Å². The van der Waals surface area contributed by atoms with Gasteiger partial charge in [-0.25, -0.2) is 4.98 Å². The molecule has 2 aromatic heterocycles. The van der Waals surface area contributed by atoms with Crippen molar-refractivity contribution < 1.29 is 27.4 Å². The average molecular weight is 489 g/mol. The summed E-state index contributed by atoms with van der Waals surface area (Å²) in [4.78, 5) is 5.71. The van der Waals surface area contributed by atoms with Crippen LogP contribution in [0.25, 0.3) is 16.9 Å². The number of benzene rings is 1. The molecule has 3 heterocycles. The predicted octanol–water partition coefficient (Wildman–Crippen LogP) is 3.62. The number of nitrogens with zero attached hydrogens (tertiary/aromatic N) is 4. The highest BCUT2D eigenvalue weighted by Crippen LogP contribution is 2.36. The van der Waals surface area contributed by atoms with Gasteiger partial charge in [0.2, 0.25) is 0 Å². The van der Waals surface area contributed by atoms with Gasteiger partial charge >= 0.3 is 6.18 Å². The van der Waals surface area contributed by atoms with E-state index in [0.717, 1.165) is 0 Å². The number of hydrogen-bond acceptors (Lipinski definition) is 7. The number of hydrogen-bond donors (Lipinski definition) is 1. The molecule has 3 aromatic rings. The molecule has 0 saturated carbocycles. The second-order valence-electron chi connectivity index (χ2n) is 8.65. The molecule has 11 heteroatoms. The molecule has 0 aliphatic carbocycles. The van der Waals surface area contributed by atoms with E-state index in [9.17, 15) is 18.4 Å². The minimum absolute atomic E-state index is 0.0374. The second-order valence-corrected chi connectivity index (χ2v) is 8.65. The lowest BCUT2D eigenvalue weighted by Gasteiger charge is -2.40. The van der Waals surface area contributed by atoms with Crippen LogP contribution in [0.2, 0.25) is 0 Å². The van der Waals surface area contributed by atoms with Crippen molar-refractivity contribution in [2.75, 3.05) is 40.5 Å². The fraction of sp³-hybridized carbons (Fsp3) is 0.417. The Bertz CT molecular complexity index is 1250. The van der Waals surface area contributed by atoms with Crippen molar-refractivity contribution in [3.05, 3.63) is 42.1 Å². The fourth-order valence-corrected chi connectivity index (χ4v) is 4.48. The third-order valence-electron chi connectivity index (χ3n) is 6.00. The van der Waals surface area contributed by atoms with E-state index in [1.807, 2.05) is 16.5 Å². The molecule has 0 bridgehead atoms. The largest absolute Gasteiger partial charge is 0.495 e. The monoisotopic (exact) mass is 489 g/mol. The van der Waals surface area contributed by atoms with Crippen molar-refractivity contribution in [3.8, 4) is 34.7 Å². The third kappa shape index (κ3) is 5.28. The van der Waals surface area contributed by atoms with Crippen molar-refractivity contribution >= 4 is 5.65 Å². The van der Waals surface area contributed by atoms with Gasteiger partial charge in [0.15, 0.2) is 5.88 Å². The lowest BCUT2D eigenvalue weighted by atomic mass is 9.91. The standard InChI is InChI=1S/C24H26F3N5O3/c1-33-19-9-16(18-12-30-21-5-3-6-22(34-2)32(18)21)10-20(17(19)11-28)35-15-23(29)7-4-8-31(13-23)14-24(25,26)27/h3,5-6,9-10,12H,4,7-8,13-15,29H2,1-2H3/t23-/m1/s1. The van der Waals surface area contributed by atoms with Gasteiger partial charge in [-0.3, -0.25) is 9.30 Å². The molecule has 2 N–H and O–H groups in total. The predicted molar refractivity (Wildman–Crippen MR) is 123 cm³/mol. The highest BCUT2D eigenvalue weighted by molar-refractivity contribution is 5.71. The molecule has 35 heavy (non-hydrogen) atoms. The second kappa shape index (κ2) is 9.64. The maximum absolute atomic E-state index is 12.9. The van der Waals surface area contributed by atoms with E-state index in [4.69, 9.17) is 19.9 Å². The molecular formula is C24H26F3N5O3. The van der Waals surface area contributed by atoms with Crippen molar-refractivity contribution in [1.29, 1.82) is 5.26 Å². The number of halogens is 3. The van der Waals surface area contributed by atoms with E-state index >= 15 is 0 Å². The summed E-state index contributed by atoms with van der Waals surface area (Å²) in [5.74, 6) is 1.08. The lowest BCUT2D eigenvalue weighted by molar-refractivity contribution is -0.150. The number of piperidine rings is 1. The Morgan fingerprint density at radius 3 is 2.66 bits per heavy atom. The van der Waals surface area contributed by atoms with Crippen molar-refractivity contribution in [2.45, 2.75) is 24.6 Å². The van der Waals surface area contributed by atoms with E-state index in [1.54, 1.807) is 31.5 Å². The van der Waals surface area contributed by atoms with Gasteiger partial charge in [0.25, 0.3) is 0 Å². The average Bonchev–Trinajstić information content (AvgIpc) is 3.25. The quantitative estimate of drug-likeness (QED) is 0.541. The maximum Gasteiger partial charge on any atom is 0.401 e. The molecule has 1 atom stereocenters. The first kappa shape index (κ1) is 24.6. The zero-order valence-electron chi connectivity index (χ0n) is 19.4. The molecule has 1 fully saturated rings. The molecule has 0 spiro atoms. The Kier molecular flexibility index (Phi) is 6.78. The number of fused-ring (bicyclic) bond motifs is 1. The van der Waals surface area contributed by atoms with Crippen LogP contribution in [0, 0.1) is 11.3 Å². The van der Waals surface area contributed by atoms with Crippen LogP contribution in [0.4, 0.5) is 13.2 Å². The van der Waals surface area contributed by atoms with Crippen LogP contribution in [-0.2, 0) is 0 Å². The summed E-state index contributed by atoms with van der Waals surface area (Å²) < 4.78 is 57.4. The van der Waals surface area contributed by atoms with Gasteiger partial charge in [0.1, 0.15) is 35.4 Å². The molecule has 0 radical (unpaired) electrons. The summed E-state index contributed by atoms with van der Waals surface area (Å²) in [5, 5.41) is 9.76. The van der Waals surface area contributed by atoms with Crippen LogP contribution in [0.5, 0.6) is 17.4 Å². The highest BCUT2D eigenvalue weighted by atomic mass is 19.4. The number of nitrogens with two attached hydrogens (primary N) is 1. The van der Waals surface area contributed by atoms with Gasteiger partial charge in [0, 0.05) is 12.1 Å². The van der Waals surface area contributed by atoms with E-state index in [1.165, 1.54) is 12.0 Å². The zero-order valence-corrected chi connectivity index (χ0v) is 19.4. The first-order valence-corrected chi connectivity index (χ1v) is 11.0. The minimum Gasteiger partial charge on any atom is -0.495 e. The molecule has 186 valence electrons. The summed E-state index contributed by atoms with van der Waals surface area (Å²) in [6.45, 7) is -0.717. The minimum atomic E-state index is -4.30. The highest BCUT2D eigenvalue weighted by Gasteiger charge is 2.38. The molecule has 1 saturated heterocycles. The first-order chi connectivity index (χ1) is 16.7. The van der Waals surface area contributed by atoms with Crippen molar-refractivity contribution in [2.24, 2.45) is 5.73 Å². The number of rotatable bonds is 7. The van der Waals surface area contributed by atoms with Crippen LogP contribution in [0.1, 0.15) is 18.4 Å². The molecule has 0 amide bonds. The molecule has 8 nitrogen and oxygen atoms in total. The first-order valence-electron chi connectivity index (χ1n) is 11.0. The van der Waals surface area contributed by atoms with Gasteiger partial charge in [-0.05, 0) is 43.7 Å². The number of likely N-dealkylation sites (tertiary alicyclic amines) is 1. The van der Waals surface area contributed by atoms with E-state index < -0.39 is 18.3 Å². The van der Waals surface area contributed by atoms with Gasteiger partial charge in [-0.15, -0.1) is 0 Å². The van der Waals surface area contributed by atoms with E-state index in [2.05, 4.69) is 11.1 Å². The van der Waals surface area contributed by atoms with E-state index in [-0.39, 0.29) is 24.5 Å². The summed E-state index contributed by atoms with van der Waals surface area (Å²) in [7, 11) is 3.00. The fourth-order valence-electron chi connectivity index (χ4n) is 4.48. The zero-order chi connectivity index (χ0) is 25.2. The SMILES string of the molecule is COc1cc(-c2cnc3cccc(OC)n23)cc(OC[C@@]2(N)CCCN(CC(F)(F)F)C2)c1C#N. The van der Waals surface area contributed by atoms with Gasteiger partial charge in [-0.1, -0.05) is 6.07 Å². The summed E-state index contributed by atoms with van der Waals surface area (Å²) in [5.41, 5.74) is 7.62. The Morgan fingerprint density at radius 2 is 1.97 bits per heavy atom. The number of pyridine rings is 1. The Morgan fingerprint density at radius 1 is 1.20 bits per heavy atom. The molecule has 1 aliphatic rings. The number of alkyl halides is 3.